The highest BCUT2D eigenvalue weighted by Crippen LogP contribution is 2.25. The topological polar surface area (TPSA) is 101 Å². The van der Waals surface area contributed by atoms with Gasteiger partial charge in [-0.2, -0.15) is 0 Å². The molecule has 0 radical (unpaired) electrons. The van der Waals surface area contributed by atoms with Crippen molar-refractivity contribution < 1.29 is 14.5 Å². The molecule has 4 aromatic carbocycles. The summed E-state index contributed by atoms with van der Waals surface area (Å²) in [6.45, 7) is 0. The van der Waals surface area contributed by atoms with Crippen LogP contribution < -0.4 is 10.6 Å². The Morgan fingerprint density at radius 2 is 1.30 bits per heavy atom. The third kappa shape index (κ3) is 7.01. The first-order valence-electron chi connectivity index (χ1n) is 11.6. The maximum Gasteiger partial charge on any atom is 0.269 e. The summed E-state index contributed by atoms with van der Waals surface area (Å²) in [7, 11) is 0. The Morgan fingerprint density at radius 3 is 1.81 bits per heavy atom. The van der Waals surface area contributed by atoms with Crippen molar-refractivity contribution >= 4 is 45.8 Å². The van der Waals surface area contributed by atoms with Gasteiger partial charge >= 0.3 is 0 Å². The molecule has 2 N–H and O–H groups in total. The van der Waals surface area contributed by atoms with Crippen LogP contribution in [-0.2, 0) is 16.0 Å². The van der Waals surface area contributed by atoms with E-state index in [0.29, 0.717) is 11.3 Å². The lowest BCUT2D eigenvalue weighted by Gasteiger charge is -2.23. The van der Waals surface area contributed by atoms with E-state index in [9.17, 15) is 19.7 Å². The second-order valence-electron chi connectivity index (χ2n) is 8.44. The molecule has 186 valence electrons. The highest BCUT2D eigenvalue weighted by Gasteiger charge is 2.28. The average Bonchev–Trinajstić information content (AvgIpc) is 2.91. The molecule has 0 aliphatic carbocycles. The fraction of sp³-hybridized carbons (Fsp3) is 0.103. The predicted octanol–water partition coefficient (Wildman–Crippen LogP) is 5.70. The lowest BCUT2D eigenvalue weighted by atomic mass is 9.90. The van der Waals surface area contributed by atoms with Crippen LogP contribution in [0.5, 0.6) is 0 Å². The van der Waals surface area contributed by atoms with Gasteiger partial charge in [0.25, 0.3) is 5.69 Å². The number of nitrogens with zero attached hydrogens (tertiary/aromatic N) is 1. The van der Waals surface area contributed by atoms with Crippen LogP contribution >= 0.6 is 22.6 Å². The van der Waals surface area contributed by atoms with Crippen LogP contribution in [0.1, 0.15) is 22.6 Å². The second-order valence-corrected chi connectivity index (χ2v) is 9.69. The highest BCUT2D eigenvalue weighted by atomic mass is 127. The Hall–Kier alpha value is -4.05. The van der Waals surface area contributed by atoms with Crippen LogP contribution in [0, 0.1) is 13.7 Å². The molecule has 0 aromatic heterocycles. The number of nitro benzene ring substituents is 1. The maximum absolute atomic E-state index is 13.7. The number of halogens is 1. The van der Waals surface area contributed by atoms with Crippen molar-refractivity contribution in [1.29, 1.82) is 0 Å². The number of rotatable bonds is 9. The molecule has 2 amide bonds. The second kappa shape index (κ2) is 12.3. The zero-order valence-corrected chi connectivity index (χ0v) is 21.9. The molecule has 0 fully saturated rings. The van der Waals surface area contributed by atoms with Gasteiger partial charge < -0.3 is 10.6 Å². The fourth-order valence-corrected chi connectivity index (χ4v) is 4.36. The van der Waals surface area contributed by atoms with Crippen LogP contribution in [0.2, 0.25) is 0 Å². The Bertz CT molecular complexity index is 1320. The summed E-state index contributed by atoms with van der Waals surface area (Å²) in [5.41, 5.74) is 2.86. The molecule has 4 rings (SSSR count). The minimum atomic E-state index is -0.914. The normalized spacial score (nSPS) is 11.5. The van der Waals surface area contributed by atoms with Gasteiger partial charge in [0, 0.05) is 27.8 Å². The number of anilines is 1. The standard InChI is InChI=1S/C29H24IN3O4/c30-23-13-15-24(16-14-23)31-28(34)26(19-20-11-17-25(18-12-20)33(36)37)32-29(35)27(21-7-3-1-4-8-21)22-9-5-2-6-10-22/h1-18,26-27H,19H2,(H,31,34)(H,32,35)/t26-/m1/s1. The largest absolute Gasteiger partial charge is 0.343 e. The minimum absolute atomic E-state index is 0.0408. The average molecular weight is 605 g/mol. The monoisotopic (exact) mass is 605 g/mol. The van der Waals surface area contributed by atoms with E-state index in [4.69, 9.17) is 0 Å². The predicted molar refractivity (Wildman–Crippen MR) is 151 cm³/mol. The summed E-state index contributed by atoms with van der Waals surface area (Å²) in [6, 6.07) is 31.2. The van der Waals surface area contributed by atoms with E-state index in [2.05, 4.69) is 33.2 Å². The van der Waals surface area contributed by atoms with Gasteiger partial charge in [0.1, 0.15) is 6.04 Å². The molecule has 4 aromatic rings. The van der Waals surface area contributed by atoms with Gasteiger partial charge in [-0.25, -0.2) is 0 Å². The summed E-state index contributed by atoms with van der Waals surface area (Å²) in [4.78, 5) is 37.6. The first-order chi connectivity index (χ1) is 17.9. The molecular weight excluding hydrogens is 581 g/mol. The first-order valence-corrected chi connectivity index (χ1v) is 12.7. The molecule has 0 aliphatic rings. The van der Waals surface area contributed by atoms with Gasteiger partial charge in [-0.05, 0) is 63.5 Å². The summed E-state index contributed by atoms with van der Waals surface area (Å²) in [5.74, 6) is -1.32. The molecule has 0 spiro atoms. The third-order valence-corrected chi connectivity index (χ3v) is 6.58. The summed E-state index contributed by atoms with van der Waals surface area (Å²) in [6.07, 6.45) is 0.163. The van der Waals surface area contributed by atoms with Crippen LogP contribution in [0.3, 0.4) is 0 Å². The van der Waals surface area contributed by atoms with Crippen molar-refractivity contribution in [3.8, 4) is 0 Å². The van der Waals surface area contributed by atoms with Crippen molar-refractivity contribution in [2.75, 3.05) is 5.32 Å². The van der Waals surface area contributed by atoms with Gasteiger partial charge in [-0.3, -0.25) is 19.7 Å². The smallest absolute Gasteiger partial charge is 0.269 e. The number of carbonyl (C=O) groups is 2. The summed E-state index contributed by atoms with van der Waals surface area (Å²) >= 11 is 2.18. The quantitative estimate of drug-likeness (QED) is 0.145. The van der Waals surface area contributed by atoms with Crippen LogP contribution in [0.15, 0.2) is 109 Å². The molecule has 37 heavy (non-hydrogen) atoms. The van der Waals surface area contributed by atoms with Gasteiger partial charge in [0.2, 0.25) is 11.8 Å². The molecule has 0 bridgehead atoms. The number of nitro groups is 1. The summed E-state index contributed by atoms with van der Waals surface area (Å²) < 4.78 is 1.03. The third-order valence-electron chi connectivity index (χ3n) is 5.86. The zero-order valence-electron chi connectivity index (χ0n) is 19.7. The van der Waals surface area contributed by atoms with E-state index in [1.54, 1.807) is 24.3 Å². The lowest BCUT2D eigenvalue weighted by molar-refractivity contribution is -0.384. The molecule has 8 heteroatoms. The molecular formula is C29H24IN3O4. The number of benzene rings is 4. The number of nitrogens with one attached hydrogen (secondary N) is 2. The fourth-order valence-electron chi connectivity index (χ4n) is 4.00. The zero-order chi connectivity index (χ0) is 26.2. The van der Waals surface area contributed by atoms with Crippen molar-refractivity contribution in [2.24, 2.45) is 0 Å². The number of amides is 2. The van der Waals surface area contributed by atoms with E-state index in [1.807, 2.05) is 72.8 Å². The Labute approximate surface area is 228 Å². The van der Waals surface area contributed by atoms with Gasteiger partial charge in [0.15, 0.2) is 0 Å². The Kier molecular flexibility index (Phi) is 8.63. The lowest BCUT2D eigenvalue weighted by Crippen LogP contribution is -2.47. The number of non-ortho nitro benzene ring substituents is 1. The molecule has 0 aliphatic heterocycles. The Balaban J connectivity index is 1.62. The molecule has 0 unspecified atom stereocenters. The minimum Gasteiger partial charge on any atom is -0.343 e. The van der Waals surface area contributed by atoms with Gasteiger partial charge in [-0.15, -0.1) is 0 Å². The van der Waals surface area contributed by atoms with Gasteiger partial charge in [0.05, 0.1) is 10.8 Å². The van der Waals surface area contributed by atoms with E-state index in [1.165, 1.54) is 12.1 Å². The van der Waals surface area contributed by atoms with E-state index in [0.717, 1.165) is 14.7 Å². The molecule has 0 saturated heterocycles. The van der Waals surface area contributed by atoms with Crippen molar-refractivity contribution in [3.63, 3.8) is 0 Å². The molecule has 0 saturated carbocycles. The Morgan fingerprint density at radius 1 is 0.757 bits per heavy atom. The maximum atomic E-state index is 13.7. The van der Waals surface area contributed by atoms with Crippen LogP contribution in [0.25, 0.3) is 0 Å². The van der Waals surface area contributed by atoms with Crippen molar-refractivity contribution in [2.45, 2.75) is 18.4 Å². The molecule has 7 nitrogen and oxygen atoms in total. The van der Waals surface area contributed by atoms with E-state index in [-0.39, 0.29) is 23.9 Å². The first kappa shape index (κ1) is 26.0. The SMILES string of the molecule is O=C(N[C@H](Cc1ccc([N+](=O)[O-])cc1)C(=O)Nc1ccc(I)cc1)C(c1ccccc1)c1ccccc1. The molecule has 1 atom stereocenters. The van der Waals surface area contributed by atoms with E-state index >= 15 is 0 Å². The van der Waals surface area contributed by atoms with Crippen LogP contribution in [-0.4, -0.2) is 22.8 Å². The number of hydrogen-bond donors (Lipinski definition) is 2. The molecule has 0 heterocycles. The number of hydrogen-bond acceptors (Lipinski definition) is 4. The van der Waals surface area contributed by atoms with E-state index < -0.39 is 16.9 Å². The number of carbonyl (C=O) groups excluding carboxylic acids is 2. The highest BCUT2D eigenvalue weighted by molar-refractivity contribution is 14.1. The van der Waals surface area contributed by atoms with Crippen molar-refractivity contribution in [1.82, 2.24) is 5.32 Å². The summed E-state index contributed by atoms with van der Waals surface area (Å²) in [5, 5.41) is 16.9. The van der Waals surface area contributed by atoms with Gasteiger partial charge in [-0.1, -0.05) is 72.8 Å². The van der Waals surface area contributed by atoms with Crippen molar-refractivity contribution in [3.05, 3.63) is 140 Å². The van der Waals surface area contributed by atoms with Crippen LogP contribution in [0.4, 0.5) is 11.4 Å².